The van der Waals surface area contributed by atoms with Gasteiger partial charge in [0.1, 0.15) is 0 Å². The zero-order chi connectivity index (χ0) is 7.84. The molecule has 3 nitrogen and oxygen atoms in total. The summed E-state index contributed by atoms with van der Waals surface area (Å²) in [5.41, 5.74) is 0. The van der Waals surface area contributed by atoms with Gasteiger partial charge in [-0.05, 0) is 12.8 Å². The summed E-state index contributed by atoms with van der Waals surface area (Å²) in [7, 11) is 0. The van der Waals surface area contributed by atoms with E-state index in [4.69, 9.17) is 11.6 Å². The lowest BCUT2D eigenvalue weighted by atomic mass is 9.89. The van der Waals surface area contributed by atoms with Crippen molar-refractivity contribution in [3.05, 3.63) is 17.4 Å². The molecule has 2 unspecified atom stereocenters. The molecule has 0 saturated heterocycles. The first-order chi connectivity index (χ1) is 5.27. The standard InChI is InChI=1S/C7H9ClN2O/c8-5-3-9-10(4-5)6-1-2-7(6)11/h3-4,6-7,11H,1-2H2. The molecule has 11 heavy (non-hydrogen) atoms. The normalized spacial score (nSPS) is 30.0. The molecule has 0 radical (unpaired) electrons. The molecule has 2 atom stereocenters. The third-order valence-electron chi connectivity index (χ3n) is 2.11. The molecule has 0 spiro atoms. The molecular formula is C7H9ClN2O. The summed E-state index contributed by atoms with van der Waals surface area (Å²) in [5.74, 6) is 0. The fourth-order valence-corrected chi connectivity index (χ4v) is 1.41. The Morgan fingerprint density at radius 1 is 1.64 bits per heavy atom. The molecule has 4 heteroatoms. The molecular weight excluding hydrogens is 164 g/mol. The van der Waals surface area contributed by atoms with Crippen molar-refractivity contribution in [2.24, 2.45) is 0 Å². The SMILES string of the molecule is OC1CCC1n1cc(Cl)cn1. The third-order valence-corrected chi connectivity index (χ3v) is 2.31. The lowest BCUT2D eigenvalue weighted by Gasteiger charge is -2.32. The van der Waals surface area contributed by atoms with Gasteiger partial charge in [0, 0.05) is 6.20 Å². The van der Waals surface area contributed by atoms with Gasteiger partial charge in [-0.3, -0.25) is 4.68 Å². The van der Waals surface area contributed by atoms with Crippen LogP contribution in [0.5, 0.6) is 0 Å². The van der Waals surface area contributed by atoms with Gasteiger partial charge < -0.3 is 5.11 Å². The summed E-state index contributed by atoms with van der Waals surface area (Å²) in [6.45, 7) is 0. The maximum absolute atomic E-state index is 9.27. The number of hydrogen-bond donors (Lipinski definition) is 1. The molecule has 60 valence electrons. The van der Waals surface area contributed by atoms with Gasteiger partial charge in [-0.25, -0.2) is 0 Å². The highest BCUT2D eigenvalue weighted by molar-refractivity contribution is 6.30. The minimum Gasteiger partial charge on any atom is -0.391 e. The summed E-state index contributed by atoms with van der Waals surface area (Å²) in [4.78, 5) is 0. The van der Waals surface area contributed by atoms with Crippen molar-refractivity contribution in [1.29, 1.82) is 0 Å². The molecule has 1 aromatic rings. The molecule has 1 aliphatic rings. The van der Waals surface area contributed by atoms with Gasteiger partial charge in [-0.2, -0.15) is 5.10 Å². The quantitative estimate of drug-likeness (QED) is 0.692. The number of nitrogens with zero attached hydrogens (tertiary/aromatic N) is 2. The number of aromatic nitrogens is 2. The molecule has 1 aliphatic carbocycles. The Labute approximate surface area is 69.6 Å². The number of halogens is 1. The lowest BCUT2D eigenvalue weighted by molar-refractivity contribution is 0.0254. The molecule has 0 bridgehead atoms. The van der Waals surface area contributed by atoms with Crippen LogP contribution in [0, 0.1) is 0 Å². The average molecular weight is 173 g/mol. The number of hydrogen-bond acceptors (Lipinski definition) is 2. The van der Waals surface area contributed by atoms with E-state index in [-0.39, 0.29) is 12.1 Å². The Kier molecular flexibility index (Phi) is 1.62. The van der Waals surface area contributed by atoms with Crippen LogP contribution in [0.1, 0.15) is 18.9 Å². The Morgan fingerprint density at radius 3 is 2.82 bits per heavy atom. The van der Waals surface area contributed by atoms with Crippen molar-refractivity contribution in [3.63, 3.8) is 0 Å². The first kappa shape index (κ1) is 7.13. The van der Waals surface area contributed by atoms with E-state index in [0.717, 1.165) is 12.8 Å². The van der Waals surface area contributed by atoms with Crippen LogP contribution in [-0.2, 0) is 0 Å². The van der Waals surface area contributed by atoms with Gasteiger partial charge in [-0.1, -0.05) is 11.6 Å². The molecule has 0 aromatic carbocycles. The molecule has 0 amide bonds. The molecule has 1 saturated carbocycles. The van der Waals surface area contributed by atoms with Crippen LogP contribution < -0.4 is 0 Å². The van der Waals surface area contributed by atoms with E-state index in [1.807, 2.05) is 0 Å². The zero-order valence-corrected chi connectivity index (χ0v) is 6.70. The predicted octanol–water partition coefficient (Wildman–Crippen LogP) is 1.23. The van der Waals surface area contributed by atoms with E-state index in [9.17, 15) is 5.11 Å². The van der Waals surface area contributed by atoms with Crippen LogP contribution in [0.15, 0.2) is 12.4 Å². The van der Waals surface area contributed by atoms with Gasteiger partial charge in [0.15, 0.2) is 0 Å². The van der Waals surface area contributed by atoms with Gasteiger partial charge in [-0.15, -0.1) is 0 Å². The van der Waals surface area contributed by atoms with Crippen molar-refractivity contribution in [2.75, 3.05) is 0 Å². The summed E-state index contributed by atoms with van der Waals surface area (Å²) in [6.07, 6.45) is 4.98. The topological polar surface area (TPSA) is 38.0 Å². The number of aliphatic hydroxyl groups excluding tert-OH is 1. The molecule has 0 aliphatic heterocycles. The second kappa shape index (κ2) is 2.50. The van der Waals surface area contributed by atoms with Crippen molar-refractivity contribution < 1.29 is 5.11 Å². The van der Waals surface area contributed by atoms with Crippen molar-refractivity contribution in [1.82, 2.24) is 9.78 Å². The first-order valence-corrected chi connectivity index (χ1v) is 4.03. The van der Waals surface area contributed by atoms with Crippen molar-refractivity contribution in [2.45, 2.75) is 25.0 Å². The predicted molar refractivity (Wildman–Crippen MR) is 41.5 cm³/mol. The largest absolute Gasteiger partial charge is 0.391 e. The third kappa shape index (κ3) is 1.14. The van der Waals surface area contributed by atoms with Gasteiger partial charge in [0.05, 0.1) is 23.4 Å². The second-order valence-electron chi connectivity index (χ2n) is 2.85. The summed E-state index contributed by atoms with van der Waals surface area (Å²) in [6, 6.07) is 0.155. The monoisotopic (exact) mass is 172 g/mol. The van der Waals surface area contributed by atoms with Gasteiger partial charge in [0.2, 0.25) is 0 Å². The first-order valence-electron chi connectivity index (χ1n) is 3.65. The number of rotatable bonds is 1. The van der Waals surface area contributed by atoms with Crippen LogP contribution in [0.4, 0.5) is 0 Å². The molecule has 2 rings (SSSR count). The Balaban J connectivity index is 2.16. The summed E-state index contributed by atoms with van der Waals surface area (Å²) >= 11 is 5.67. The summed E-state index contributed by atoms with van der Waals surface area (Å²) in [5, 5.41) is 13.9. The Hall–Kier alpha value is -0.540. The van der Waals surface area contributed by atoms with E-state index >= 15 is 0 Å². The second-order valence-corrected chi connectivity index (χ2v) is 3.29. The highest BCUT2D eigenvalue weighted by Crippen LogP contribution is 2.31. The van der Waals surface area contributed by atoms with Crippen LogP contribution in [-0.4, -0.2) is 21.0 Å². The maximum atomic E-state index is 9.27. The zero-order valence-electron chi connectivity index (χ0n) is 5.94. The molecule has 1 heterocycles. The highest BCUT2D eigenvalue weighted by atomic mass is 35.5. The molecule has 1 fully saturated rings. The smallest absolute Gasteiger partial charge is 0.0785 e. The van der Waals surface area contributed by atoms with E-state index in [1.54, 1.807) is 17.1 Å². The van der Waals surface area contributed by atoms with Gasteiger partial charge >= 0.3 is 0 Å². The van der Waals surface area contributed by atoms with Crippen molar-refractivity contribution in [3.8, 4) is 0 Å². The number of aliphatic hydroxyl groups is 1. The maximum Gasteiger partial charge on any atom is 0.0785 e. The van der Waals surface area contributed by atoms with Crippen LogP contribution in [0.25, 0.3) is 0 Å². The van der Waals surface area contributed by atoms with Gasteiger partial charge in [0.25, 0.3) is 0 Å². The minimum atomic E-state index is -0.231. The van der Waals surface area contributed by atoms with Crippen LogP contribution in [0.3, 0.4) is 0 Å². The van der Waals surface area contributed by atoms with E-state index in [1.165, 1.54) is 0 Å². The Bertz CT molecular complexity index is 261. The molecule has 1 aromatic heterocycles. The Morgan fingerprint density at radius 2 is 2.45 bits per heavy atom. The van der Waals surface area contributed by atoms with Crippen LogP contribution >= 0.6 is 11.6 Å². The van der Waals surface area contributed by atoms with Crippen LogP contribution in [0.2, 0.25) is 5.02 Å². The van der Waals surface area contributed by atoms with Crippen molar-refractivity contribution >= 4 is 11.6 Å². The lowest BCUT2D eigenvalue weighted by Crippen LogP contribution is -2.33. The van der Waals surface area contributed by atoms with E-state index in [2.05, 4.69) is 5.10 Å². The fraction of sp³-hybridized carbons (Fsp3) is 0.571. The average Bonchev–Trinajstić information content (AvgIpc) is 2.33. The fourth-order valence-electron chi connectivity index (χ4n) is 1.27. The minimum absolute atomic E-state index is 0.155. The highest BCUT2D eigenvalue weighted by Gasteiger charge is 2.30. The van der Waals surface area contributed by atoms with E-state index < -0.39 is 0 Å². The van der Waals surface area contributed by atoms with E-state index in [0.29, 0.717) is 5.02 Å². The molecule has 1 N–H and O–H groups in total. The summed E-state index contributed by atoms with van der Waals surface area (Å²) < 4.78 is 1.73.